The molecule has 0 unspecified atom stereocenters. The van der Waals surface area contributed by atoms with Gasteiger partial charge in [0.1, 0.15) is 0 Å². The molecule has 2 aromatic rings. The van der Waals surface area contributed by atoms with Gasteiger partial charge in [-0.15, -0.1) is 0 Å². The minimum atomic E-state index is -3.17. The highest BCUT2D eigenvalue weighted by Gasteiger charge is 2.23. The van der Waals surface area contributed by atoms with Gasteiger partial charge < -0.3 is 5.32 Å². The summed E-state index contributed by atoms with van der Waals surface area (Å²) in [5.74, 6) is -0.353. The molecule has 1 amide bonds. The number of carbonyl (C=O) groups excluding carboxylic acids is 1. The van der Waals surface area contributed by atoms with Crippen molar-refractivity contribution in [2.24, 2.45) is 0 Å². The van der Waals surface area contributed by atoms with Crippen molar-refractivity contribution in [1.82, 2.24) is 15.1 Å². The Balaban J connectivity index is 1.65. The molecule has 7 heteroatoms. The number of carbonyl (C=O) groups is 1. The van der Waals surface area contributed by atoms with Gasteiger partial charge in [-0.25, -0.2) is 8.42 Å². The molecule has 2 heterocycles. The van der Waals surface area contributed by atoms with Crippen LogP contribution in [0.4, 0.5) is 0 Å². The number of benzene rings is 1. The van der Waals surface area contributed by atoms with Crippen LogP contribution in [0.2, 0.25) is 0 Å². The van der Waals surface area contributed by atoms with Gasteiger partial charge in [0.15, 0.2) is 9.84 Å². The zero-order valence-corrected chi connectivity index (χ0v) is 14.4. The van der Waals surface area contributed by atoms with E-state index in [0.29, 0.717) is 12.1 Å². The predicted octanol–water partition coefficient (Wildman–Crippen LogP) is 1.59. The van der Waals surface area contributed by atoms with E-state index in [1.807, 2.05) is 36.7 Å². The van der Waals surface area contributed by atoms with Gasteiger partial charge in [0, 0.05) is 16.7 Å². The lowest BCUT2D eigenvalue weighted by molar-refractivity contribution is 0.0947. The van der Waals surface area contributed by atoms with Crippen molar-refractivity contribution in [2.75, 3.05) is 5.75 Å². The van der Waals surface area contributed by atoms with Gasteiger partial charge in [0.2, 0.25) is 0 Å². The van der Waals surface area contributed by atoms with Crippen molar-refractivity contribution >= 4 is 15.7 Å². The smallest absolute Gasteiger partial charge is 0.251 e. The number of nitrogens with one attached hydrogen (secondary N) is 1. The summed E-state index contributed by atoms with van der Waals surface area (Å²) in [5.41, 5.74) is 3.61. The average molecular weight is 345 g/mol. The molecule has 0 spiro atoms. The maximum absolute atomic E-state index is 12.2. The molecular weight excluding hydrogens is 326 g/mol. The van der Waals surface area contributed by atoms with E-state index in [-0.39, 0.29) is 11.7 Å². The minimum Gasteiger partial charge on any atom is -0.345 e. The highest BCUT2D eigenvalue weighted by molar-refractivity contribution is 7.94. The topological polar surface area (TPSA) is 81.1 Å². The number of sulfone groups is 1. The highest BCUT2D eigenvalue weighted by atomic mass is 32.2. The van der Waals surface area contributed by atoms with Crippen LogP contribution in [0.25, 0.3) is 0 Å². The first-order valence-corrected chi connectivity index (χ1v) is 9.36. The second kappa shape index (κ2) is 6.24. The van der Waals surface area contributed by atoms with Crippen LogP contribution in [0, 0.1) is 13.8 Å². The van der Waals surface area contributed by atoms with E-state index in [9.17, 15) is 13.2 Å². The summed E-state index contributed by atoms with van der Waals surface area (Å²) in [4.78, 5) is 12.2. The number of aryl methyl sites for hydroxylation is 2. The Kier molecular flexibility index (Phi) is 4.28. The number of amides is 1. The van der Waals surface area contributed by atoms with Crippen LogP contribution in [0.1, 0.15) is 27.3 Å². The van der Waals surface area contributed by atoms with Crippen LogP contribution in [-0.2, 0) is 16.4 Å². The van der Waals surface area contributed by atoms with Gasteiger partial charge in [-0.2, -0.15) is 5.10 Å². The summed E-state index contributed by atoms with van der Waals surface area (Å²) in [7, 11) is -3.17. The molecule has 1 aliphatic rings. The van der Waals surface area contributed by atoms with Crippen molar-refractivity contribution in [3.63, 3.8) is 0 Å². The molecule has 6 nitrogen and oxygen atoms in total. The van der Waals surface area contributed by atoms with E-state index in [4.69, 9.17) is 0 Å². The molecule has 1 atom stereocenters. The van der Waals surface area contributed by atoms with Crippen LogP contribution in [0.3, 0.4) is 0 Å². The standard InChI is InChI=1S/C17H19N3O3S/c1-12-9-13(2)20(19-12)10-14-3-5-15(6-4-14)17(21)18-16-7-8-24(22,23)11-16/h3-9,16H,10-11H2,1-2H3,(H,18,21)/t16-/m0/s1. The third-order valence-electron chi connectivity index (χ3n) is 3.90. The Morgan fingerprint density at radius 2 is 2.00 bits per heavy atom. The maximum Gasteiger partial charge on any atom is 0.251 e. The number of hydrogen-bond acceptors (Lipinski definition) is 4. The monoisotopic (exact) mass is 345 g/mol. The van der Waals surface area contributed by atoms with Crippen molar-refractivity contribution in [3.8, 4) is 0 Å². The number of rotatable bonds is 4. The van der Waals surface area contributed by atoms with Gasteiger partial charge in [-0.05, 0) is 43.7 Å². The first-order chi connectivity index (χ1) is 11.3. The molecule has 0 saturated carbocycles. The second-order valence-corrected chi connectivity index (χ2v) is 7.95. The second-order valence-electron chi connectivity index (χ2n) is 6.02. The van der Waals surface area contributed by atoms with E-state index in [1.54, 1.807) is 12.1 Å². The van der Waals surface area contributed by atoms with Crippen LogP contribution in [0.15, 0.2) is 41.8 Å². The van der Waals surface area contributed by atoms with Gasteiger partial charge in [0.25, 0.3) is 5.91 Å². The lowest BCUT2D eigenvalue weighted by Crippen LogP contribution is -2.35. The Hall–Kier alpha value is -2.41. The first kappa shape index (κ1) is 16.4. The third kappa shape index (κ3) is 3.73. The quantitative estimate of drug-likeness (QED) is 0.912. The van der Waals surface area contributed by atoms with E-state index < -0.39 is 15.9 Å². The molecule has 0 aliphatic carbocycles. The Morgan fingerprint density at radius 3 is 2.54 bits per heavy atom. The normalized spacial score (nSPS) is 18.7. The number of nitrogens with zero attached hydrogens (tertiary/aromatic N) is 2. The molecular formula is C17H19N3O3S. The molecule has 1 N–H and O–H groups in total. The fourth-order valence-electron chi connectivity index (χ4n) is 2.69. The highest BCUT2D eigenvalue weighted by Crippen LogP contribution is 2.11. The van der Waals surface area contributed by atoms with Gasteiger partial charge >= 0.3 is 0 Å². The van der Waals surface area contributed by atoms with E-state index in [2.05, 4.69) is 10.4 Å². The van der Waals surface area contributed by atoms with Crippen LogP contribution in [0.5, 0.6) is 0 Å². The van der Waals surface area contributed by atoms with Crippen LogP contribution >= 0.6 is 0 Å². The molecule has 1 aromatic carbocycles. The molecule has 3 rings (SSSR count). The minimum absolute atomic E-state index is 0.0747. The van der Waals surface area contributed by atoms with Crippen LogP contribution in [-0.4, -0.2) is 35.9 Å². The lowest BCUT2D eigenvalue weighted by atomic mass is 10.1. The summed E-state index contributed by atoms with van der Waals surface area (Å²) in [6, 6.07) is 8.80. The zero-order chi connectivity index (χ0) is 17.3. The number of aromatic nitrogens is 2. The van der Waals surface area contributed by atoms with Crippen molar-refractivity contribution in [1.29, 1.82) is 0 Å². The maximum atomic E-state index is 12.2. The first-order valence-electron chi connectivity index (χ1n) is 7.64. The Labute approximate surface area is 141 Å². The lowest BCUT2D eigenvalue weighted by Gasteiger charge is -2.10. The van der Waals surface area contributed by atoms with E-state index >= 15 is 0 Å². The summed E-state index contributed by atoms with van der Waals surface area (Å²) in [6.45, 7) is 4.60. The molecule has 0 radical (unpaired) electrons. The van der Waals surface area contributed by atoms with E-state index in [0.717, 1.165) is 22.4 Å². The molecule has 1 aromatic heterocycles. The summed E-state index contributed by atoms with van der Waals surface area (Å²) < 4.78 is 24.6. The fraction of sp³-hybridized carbons (Fsp3) is 0.294. The van der Waals surface area contributed by atoms with Crippen LogP contribution < -0.4 is 5.32 Å². The summed E-state index contributed by atoms with van der Waals surface area (Å²) in [5, 5.41) is 8.28. The molecule has 126 valence electrons. The van der Waals surface area contributed by atoms with Crippen molar-refractivity contribution in [2.45, 2.75) is 26.4 Å². The van der Waals surface area contributed by atoms with Gasteiger partial charge in [-0.3, -0.25) is 9.48 Å². The molecule has 0 bridgehead atoms. The Bertz CT molecular complexity index is 896. The summed E-state index contributed by atoms with van der Waals surface area (Å²) in [6.07, 6.45) is 1.50. The third-order valence-corrected chi connectivity index (χ3v) is 5.29. The molecule has 0 fully saturated rings. The van der Waals surface area contributed by atoms with Crippen molar-refractivity contribution < 1.29 is 13.2 Å². The zero-order valence-electron chi connectivity index (χ0n) is 13.6. The summed E-state index contributed by atoms with van der Waals surface area (Å²) >= 11 is 0. The number of hydrogen-bond donors (Lipinski definition) is 1. The van der Waals surface area contributed by atoms with Gasteiger partial charge in [0.05, 0.1) is 24.0 Å². The molecule has 1 aliphatic heterocycles. The molecule has 24 heavy (non-hydrogen) atoms. The average Bonchev–Trinajstić information content (AvgIpc) is 3.01. The SMILES string of the molecule is Cc1cc(C)n(Cc2ccc(C(=O)N[C@H]3C=CS(=O)(=O)C3)cc2)n1. The Morgan fingerprint density at radius 1 is 1.29 bits per heavy atom. The molecule has 0 saturated heterocycles. The van der Waals surface area contributed by atoms with Gasteiger partial charge in [-0.1, -0.05) is 12.1 Å². The largest absolute Gasteiger partial charge is 0.345 e. The predicted molar refractivity (Wildman–Crippen MR) is 91.4 cm³/mol. The van der Waals surface area contributed by atoms with Crippen molar-refractivity contribution in [3.05, 3.63) is 64.3 Å². The van der Waals surface area contributed by atoms with E-state index in [1.165, 1.54) is 6.08 Å². The fourth-order valence-corrected chi connectivity index (χ4v) is 3.92.